The van der Waals surface area contributed by atoms with Crippen LogP contribution in [0.4, 0.5) is 5.69 Å². The van der Waals surface area contributed by atoms with Gasteiger partial charge in [0.15, 0.2) is 0 Å². The van der Waals surface area contributed by atoms with Crippen LogP contribution in [0.2, 0.25) is 10.0 Å². The van der Waals surface area contributed by atoms with E-state index >= 15 is 0 Å². The molecule has 1 heterocycles. The predicted octanol–water partition coefficient (Wildman–Crippen LogP) is 6.37. The maximum Gasteiger partial charge on any atom is 0.0555 e. The quantitative estimate of drug-likeness (QED) is 0.571. The zero-order valence-electron chi connectivity index (χ0n) is 12.4. The highest BCUT2D eigenvalue weighted by Crippen LogP contribution is 2.40. The Balaban J connectivity index is 1.60. The first-order valence-corrected chi connectivity index (χ1v) is 8.36. The van der Waals surface area contributed by atoms with Crippen LogP contribution >= 0.6 is 23.2 Å². The second-order valence-electron chi connectivity index (χ2n) is 5.80. The van der Waals surface area contributed by atoms with Gasteiger partial charge in [0.1, 0.15) is 0 Å². The Morgan fingerprint density at radius 2 is 1.52 bits per heavy atom. The summed E-state index contributed by atoms with van der Waals surface area (Å²) in [5.74, 6) is 0. The molecule has 0 saturated carbocycles. The van der Waals surface area contributed by atoms with Gasteiger partial charge in [-0.2, -0.15) is 0 Å². The lowest BCUT2D eigenvalue weighted by molar-refractivity contribution is 0.824. The summed E-state index contributed by atoms with van der Waals surface area (Å²) in [7, 11) is 0. The fourth-order valence-electron chi connectivity index (χ4n) is 3.12. The lowest BCUT2D eigenvalue weighted by Gasteiger charge is -2.12. The monoisotopic (exact) mass is 339 g/mol. The van der Waals surface area contributed by atoms with Gasteiger partial charge in [0.05, 0.1) is 6.04 Å². The maximum atomic E-state index is 6.31. The van der Waals surface area contributed by atoms with Crippen molar-refractivity contribution in [2.24, 2.45) is 0 Å². The van der Waals surface area contributed by atoms with Gasteiger partial charge < -0.3 is 5.32 Å². The highest BCUT2D eigenvalue weighted by Gasteiger charge is 2.24. The number of hydrogen-bond donors (Lipinski definition) is 1. The van der Waals surface area contributed by atoms with Crippen molar-refractivity contribution in [2.75, 3.05) is 5.32 Å². The Morgan fingerprint density at radius 3 is 2.26 bits per heavy atom. The Kier molecular flexibility index (Phi) is 3.76. The Labute approximate surface area is 145 Å². The molecule has 0 aliphatic carbocycles. The minimum Gasteiger partial charge on any atom is -0.378 e. The van der Waals surface area contributed by atoms with Gasteiger partial charge in [-0.1, -0.05) is 77.8 Å². The summed E-state index contributed by atoms with van der Waals surface area (Å²) in [6.45, 7) is 0. The van der Waals surface area contributed by atoms with Gasteiger partial charge in [0.2, 0.25) is 0 Å². The topological polar surface area (TPSA) is 12.0 Å². The van der Waals surface area contributed by atoms with Crippen LogP contribution in [0.1, 0.15) is 17.2 Å². The minimum absolute atomic E-state index is 0.241. The smallest absolute Gasteiger partial charge is 0.0555 e. The molecule has 1 aliphatic heterocycles. The molecule has 1 nitrogen and oxygen atoms in total. The summed E-state index contributed by atoms with van der Waals surface area (Å²) in [6.07, 6.45) is 0.885. The number of rotatable bonds is 2. The Morgan fingerprint density at radius 1 is 0.826 bits per heavy atom. The van der Waals surface area contributed by atoms with Crippen molar-refractivity contribution in [1.29, 1.82) is 0 Å². The van der Waals surface area contributed by atoms with Crippen molar-refractivity contribution in [3.63, 3.8) is 0 Å². The summed E-state index contributed by atoms with van der Waals surface area (Å²) in [5.41, 5.74) is 5.91. The van der Waals surface area contributed by atoms with Crippen LogP contribution in [0.5, 0.6) is 0 Å². The summed E-state index contributed by atoms with van der Waals surface area (Å²) in [5, 5.41) is 4.93. The van der Waals surface area contributed by atoms with Gasteiger partial charge in [-0.3, -0.25) is 0 Å². The number of nitrogens with one attached hydrogen (secondary N) is 1. The fraction of sp³-hybridized carbons (Fsp3) is 0.100. The minimum atomic E-state index is 0.241. The van der Waals surface area contributed by atoms with Crippen LogP contribution in [-0.2, 0) is 6.42 Å². The highest BCUT2D eigenvalue weighted by molar-refractivity contribution is 6.35. The third kappa shape index (κ3) is 2.83. The number of fused-ring (bicyclic) bond motifs is 1. The van der Waals surface area contributed by atoms with Crippen LogP contribution in [0.25, 0.3) is 11.1 Å². The number of hydrogen-bond acceptors (Lipinski definition) is 1. The molecule has 0 amide bonds. The summed E-state index contributed by atoms with van der Waals surface area (Å²) < 4.78 is 0. The van der Waals surface area contributed by atoms with Gasteiger partial charge in [-0.05, 0) is 34.4 Å². The van der Waals surface area contributed by atoms with E-state index in [0.29, 0.717) is 5.02 Å². The average molecular weight is 340 g/mol. The van der Waals surface area contributed by atoms with Crippen molar-refractivity contribution in [3.05, 3.63) is 87.9 Å². The highest BCUT2D eigenvalue weighted by atomic mass is 35.5. The van der Waals surface area contributed by atoms with Crippen LogP contribution < -0.4 is 5.32 Å². The normalized spacial score (nSPS) is 16.0. The molecule has 0 radical (unpaired) electrons. The van der Waals surface area contributed by atoms with Crippen molar-refractivity contribution in [2.45, 2.75) is 12.5 Å². The molecule has 0 saturated heterocycles. The molecule has 3 heteroatoms. The zero-order chi connectivity index (χ0) is 15.8. The van der Waals surface area contributed by atoms with E-state index in [9.17, 15) is 0 Å². The molecule has 0 fully saturated rings. The lowest BCUT2D eigenvalue weighted by Crippen LogP contribution is -2.05. The van der Waals surface area contributed by atoms with E-state index in [2.05, 4.69) is 53.8 Å². The van der Waals surface area contributed by atoms with Gasteiger partial charge in [-0.25, -0.2) is 0 Å². The van der Waals surface area contributed by atoms with E-state index in [4.69, 9.17) is 23.2 Å². The van der Waals surface area contributed by atoms with Crippen molar-refractivity contribution >= 4 is 28.9 Å². The van der Waals surface area contributed by atoms with Crippen molar-refractivity contribution in [1.82, 2.24) is 0 Å². The molecule has 1 aliphatic rings. The molecule has 114 valence electrons. The second-order valence-corrected chi connectivity index (χ2v) is 6.65. The second kappa shape index (κ2) is 5.92. The molecule has 1 unspecified atom stereocenters. The molecule has 4 rings (SSSR count). The lowest BCUT2D eigenvalue weighted by atomic mass is 9.99. The molecule has 0 spiro atoms. The van der Waals surface area contributed by atoms with E-state index in [0.717, 1.165) is 22.7 Å². The fourth-order valence-corrected chi connectivity index (χ4v) is 3.69. The first-order chi connectivity index (χ1) is 11.2. The summed E-state index contributed by atoms with van der Waals surface area (Å²) in [6, 6.07) is 23.1. The largest absolute Gasteiger partial charge is 0.378 e. The molecule has 0 bridgehead atoms. The van der Waals surface area contributed by atoms with E-state index in [1.807, 2.05) is 18.2 Å². The van der Waals surface area contributed by atoms with Crippen LogP contribution in [0.3, 0.4) is 0 Å². The molecular weight excluding hydrogens is 325 g/mol. The van der Waals surface area contributed by atoms with E-state index in [-0.39, 0.29) is 6.04 Å². The molecule has 1 N–H and O–H groups in total. The molecule has 23 heavy (non-hydrogen) atoms. The van der Waals surface area contributed by atoms with Crippen LogP contribution in [0.15, 0.2) is 66.7 Å². The van der Waals surface area contributed by atoms with E-state index in [1.54, 1.807) is 0 Å². The van der Waals surface area contributed by atoms with E-state index < -0.39 is 0 Å². The van der Waals surface area contributed by atoms with Gasteiger partial charge in [0, 0.05) is 22.2 Å². The van der Waals surface area contributed by atoms with Crippen molar-refractivity contribution < 1.29 is 0 Å². The molecule has 3 aromatic carbocycles. The SMILES string of the molecule is Clc1cc(Cl)c2c(c1)NC(c1ccc(-c3ccccc3)cc1)C2. The first-order valence-electron chi connectivity index (χ1n) is 7.60. The number of benzene rings is 3. The maximum absolute atomic E-state index is 6.31. The van der Waals surface area contributed by atoms with E-state index in [1.165, 1.54) is 16.7 Å². The third-order valence-corrected chi connectivity index (χ3v) is 4.87. The predicted molar refractivity (Wildman–Crippen MR) is 98.4 cm³/mol. The Bertz CT molecular complexity index is 842. The first kappa shape index (κ1) is 14.6. The van der Waals surface area contributed by atoms with Crippen molar-refractivity contribution in [3.8, 4) is 11.1 Å². The number of halogens is 2. The standard InChI is InChI=1S/C20H15Cl2N/c21-16-10-18(22)17-12-19(23-20(17)11-16)15-8-6-14(7-9-15)13-4-2-1-3-5-13/h1-11,19,23H,12H2. The summed E-state index contributed by atoms with van der Waals surface area (Å²) in [4.78, 5) is 0. The number of anilines is 1. The zero-order valence-corrected chi connectivity index (χ0v) is 13.9. The van der Waals surface area contributed by atoms with Gasteiger partial charge in [0.25, 0.3) is 0 Å². The molecule has 1 atom stereocenters. The van der Waals surface area contributed by atoms with Gasteiger partial charge >= 0.3 is 0 Å². The third-order valence-electron chi connectivity index (χ3n) is 4.32. The molecule has 0 aromatic heterocycles. The molecular formula is C20H15Cl2N. The van der Waals surface area contributed by atoms with Crippen LogP contribution in [-0.4, -0.2) is 0 Å². The summed E-state index contributed by atoms with van der Waals surface area (Å²) >= 11 is 12.4. The molecule has 3 aromatic rings. The van der Waals surface area contributed by atoms with Crippen LogP contribution in [0, 0.1) is 0 Å². The average Bonchev–Trinajstić information content (AvgIpc) is 3.00. The Hall–Kier alpha value is -1.96. The van der Waals surface area contributed by atoms with Gasteiger partial charge in [-0.15, -0.1) is 0 Å².